The maximum Gasteiger partial charge on any atom is 0.0958 e. The molecule has 0 radical (unpaired) electrons. The molecule has 80 valence electrons. The number of hydrogen-bond acceptors (Lipinski definition) is 2. The zero-order valence-corrected chi connectivity index (χ0v) is 9.14. The number of aromatic nitrogens is 2. The molecule has 0 saturated heterocycles. The van der Waals surface area contributed by atoms with Crippen LogP contribution in [0, 0.1) is 0 Å². The molecule has 2 rings (SSSR count). The van der Waals surface area contributed by atoms with Crippen molar-refractivity contribution in [1.29, 1.82) is 0 Å². The lowest BCUT2D eigenvalue weighted by molar-refractivity contribution is 0.0665. The maximum atomic E-state index is 9.65. The molecule has 1 N–H and O–H groups in total. The lowest BCUT2D eigenvalue weighted by Crippen LogP contribution is -2.20. The van der Waals surface area contributed by atoms with E-state index >= 15 is 0 Å². The van der Waals surface area contributed by atoms with E-state index in [4.69, 9.17) is 0 Å². The summed E-state index contributed by atoms with van der Waals surface area (Å²) in [5, 5.41) is 9.65. The Morgan fingerprint density at radius 2 is 2.07 bits per heavy atom. The molecule has 0 atom stereocenters. The first-order valence-corrected chi connectivity index (χ1v) is 5.18. The Labute approximate surface area is 89.4 Å². The van der Waals surface area contributed by atoms with E-state index in [0.29, 0.717) is 0 Å². The Bertz CT molecular complexity index is 454. The smallest absolute Gasteiger partial charge is 0.0958 e. The number of aliphatic hydroxyl groups is 1. The first-order chi connectivity index (χ1) is 7.06. The summed E-state index contributed by atoms with van der Waals surface area (Å²) in [5.74, 6) is 0. The minimum absolute atomic E-state index is 0.620. The van der Waals surface area contributed by atoms with Gasteiger partial charge in [-0.05, 0) is 32.4 Å². The van der Waals surface area contributed by atoms with Crippen LogP contribution in [0.1, 0.15) is 20.3 Å². The summed E-state index contributed by atoms with van der Waals surface area (Å²) in [6, 6.07) is 8.03. The Kier molecular flexibility index (Phi) is 2.49. The number of hydrogen-bond donors (Lipinski definition) is 1. The van der Waals surface area contributed by atoms with Gasteiger partial charge in [0.15, 0.2) is 0 Å². The predicted molar refractivity (Wildman–Crippen MR) is 60.6 cm³/mol. The van der Waals surface area contributed by atoms with Gasteiger partial charge in [-0.3, -0.25) is 0 Å². The number of benzene rings is 1. The zero-order valence-electron chi connectivity index (χ0n) is 9.14. The van der Waals surface area contributed by atoms with Crippen LogP contribution in [-0.2, 0) is 6.54 Å². The SMILES string of the molecule is CC(C)(O)CCn1cnc2ccccc21. The van der Waals surface area contributed by atoms with Crippen LogP contribution in [-0.4, -0.2) is 20.3 Å². The lowest BCUT2D eigenvalue weighted by Gasteiger charge is -2.17. The maximum absolute atomic E-state index is 9.65. The van der Waals surface area contributed by atoms with E-state index in [1.807, 2.05) is 44.4 Å². The molecule has 15 heavy (non-hydrogen) atoms. The summed E-state index contributed by atoms with van der Waals surface area (Å²) < 4.78 is 2.08. The van der Waals surface area contributed by atoms with Crippen molar-refractivity contribution in [3.63, 3.8) is 0 Å². The minimum Gasteiger partial charge on any atom is -0.390 e. The second-order valence-electron chi connectivity index (χ2n) is 4.49. The van der Waals surface area contributed by atoms with Gasteiger partial charge in [-0.1, -0.05) is 12.1 Å². The quantitative estimate of drug-likeness (QED) is 0.832. The molecule has 0 spiro atoms. The fraction of sp³-hybridized carbons (Fsp3) is 0.417. The van der Waals surface area contributed by atoms with Crippen molar-refractivity contribution < 1.29 is 5.11 Å². The van der Waals surface area contributed by atoms with Crippen LogP contribution in [0.15, 0.2) is 30.6 Å². The highest BCUT2D eigenvalue weighted by Crippen LogP contribution is 2.15. The average Bonchev–Trinajstić information content (AvgIpc) is 2.57. The third kappa shape index (κ3) is 2.36. The van der Waals surface area contributed by atoms with Crippen molar-refractivity contribution in [2.45, 2.75) is 32.4 Å². The topological polar surface area (TPSA) is 38.0 Å². The molecule has 3 heteroatoms. The van der Waals surface area contributed by atoms with Crippen LogP contribution in [0.25, 0.3) is 11.0 Å². The van der Waals surface area contributed by atoms with Crippen molar-refractivity contribution in [3.8, 4) is 0 Å². The number of para-hydroxylation sites is 2. The summed E-state index contributed by atoms with van der Waals surface area (Å²) in [4.78, 5) is 4.30. The van der Waals surface area contributed by atoms with Gasteiger partial charge in [0.1, 0.15) is 0 Å². The van der Waals surface area contributed by atoms with E-state index in [0.717, 1.165) is 24.0 Å². The molecule has 0 aliphatic heterocycles. The van der Waals surface area contributed by atoms with E-state index < -0.39 is 5.60 Å². The first kappa shape index (κ1) is 10.2. The summed E-state index contributed by atoms with van der Waals surface area (Å²) >= 11 is 0. The number of aryl methyl sites for hydroxylation is 1. The molecule has 1 aromatic carbocycles. The first-order valence-electron chi connectivity index (χ1n) is 5.18. The van der Waals surface area contributed by atoms with Gasteiger partial charge >= 0.3 is 0 Å². The summed E-state index contributed by atoms with van der Waals surface area (Å²) in [6.45, 7) is 4.45. The molecule has 0 bridgehead atoms. The van der Waals surface area contributed by atoms with Crippen molar-refractivity contribution in [1.82, 2.24) is 9.55 Å². The number of nitrogens with zero attached hydrogens (tertiary/aromatic N) is 2. The van der Waals surface area contributed by atoms with Gasteiger partial charge in [-0.15, -0.1) is 0 Å². The van der Waals surface area contributed by atoms with Gasteiger partial charge < -0.3 is 9.67 Å². The lowest BCUT2D eigenvalue weighted by atomic mass is 10.1. The van der Waals surface area contributed by atoms with Crippen LogP contribution >= 0.6 is 0 Å². The zero-order chi connectivity index (χ0) is 10.9. The molecule has 0 aliphatic carbocycles. The second-order valence-corrected chi connectivity index (χ2v) is 4.49. The largest absolute Gasteiger partial charge is 0.390 e. The average molecular weight is 204 g/mol. The van der Waals surface area contributed by atoms with Gasteiger partial charge in [0.2, 0.25) is 0 Å². The number of imidazole rings is 1. The molecule has 1 aromatic heterocycles. The highest BCUT2D eigenvalue weighted by molar-refractivity contribution is 5.74. The Hall–Kier alpha value is -1.35. The Morgan fingerprint density at radius 3 is 2.80 bits per heavy atom. The van der Waals surface area contributed by atoms with Crippen LogP contribution in [0.4, 0.5) is 0 Å². The second kappa shape index (κ2) is 3.66. The summed E-state index contributed by atoms with van der Waals surface area (Å²) in [6.07, 6.45) is 2.56. The number of fused-ring (bicyclic) bond motifs is 1. The predicted octanol–water partition coefficient (Wildman–Crippen LogP) is 2.20. The molecule has 0 saturated carbocycles. The van der Waals surface area contributed by atoms with Gasteiger partial charge in [-0.25, -0.2) is 4.98 Å². The third-order valence-electron chi connectivity index (χ3n) is 2.49. The standard InChI is InChI=1S/C12H16N2O/c1-12(2,15)7-8-14-9-13-10-5-3-4-6-11(10)14/h3-6,9,15H,7-8H2,1-2H3. The molecule has 3 nitrogen and oxygen atoms in total. The van der Waals surface area contributed by atoms with Crippen LogP contribution < -0.4 is 0 Å². The van der Waals surface area contributed by atoms with E-state index in [-0.39, 0.29) is 0 Å². The minimum atomic E-state index is -0.620. The number of rotatable bonds is 3. The fourth-order valence-electron chi connectivity index (χ4n) is 1.58. The molecule has 0 unspecified atom stereocenters. The van der Waals surface area contributed by atoms with E-state index in [9.17, 15) is 5.11 Å². The van der Waals surface area contributed by atoms with Gasteiger partial charge in [0, 0.05) is 6.54 Å². The van der Waals surface area contributed by atoms with E-state index in [1.165, 1.54) is 0 Å². The normalized spacial score (nSPS) is 12.2. The molecule has 0 amide bonds. The highest BCUT2D eigenvalue weighted by Gasteiger charge is 2.12. The van der Waals surface area contributed by atoms with Crippen molar-refractivity contribution in [3.05, 3.63) is 30.6 Å². The Morgan fingerprint density at radius 1 is 1.33 bits per heavy atom. The van der Waals surface area contributed by atoms with E-state index in [2.05, 4.69) is 9.55 Å². The molecule has 1 heterocycles. The fourth-order valence-corrected chi connectivity index (χ4v) is 1.58. The van der Waals surface area contributed by atoms with Gasteiger partial charge in [0.05, 0.1) is 23.0 Å². The van der Waals surface area contributed by atoms with Gasteiger partial charge in [0.25, 0.3) is 0 Å². The Balaban J connectivity index is 2.22. The molecule has 0 aliphatic rings. The van der Waals surface area contributed by atoms with Gasteiger partial charge in [-0.2, -0.15) is 0 Å². The highest BCUT2D eigenvalue weighted by atomic mass is 16.3. The van der Waals surface area contributed by atoms with Crippen LogP contribution in [0.2, 0.25) is 0 Å². The van der Waals surface area contributed by atoms with Crippen LogP contribution in [0.5, 0.6) is 0 Å². The van der Waals surface area contributed by atoms with Crippen LogP contribution in [0.3, 0.4) is 0 Å². The summed E-state index contributed by atoms with van der Waals surface area (Å²) in [5.41, 5.74) is 1.51. The van der Waals surface area contributed by atoms with Crippen molar-refractivity contribution >= 4 is 11.0 Å². The third-order valence-corrected chi connectivity index (χ3v) is 2.49. The van der Waals surface area contributed by atoms with Crippen molar-refractivity contribution in [2.24, 2.45) is 0 Å². The monoisotopic (exact) mass is 204 g/mol. The molecule has 0 fully saturated rings. The molecular weight excluding hydrogens is 188 g/mol. The molecular formula is C12H16N2O. The van der Waals surface area contributed by atoms with E-state index in [1.54, 1.807) is 0 Å². The van der Waals surface area contributed by atoms with Crippen molar-refractivity contribution in [2.75, 3.05) is 0 Å². The molecule has 2 aromatic rings. The summed E-state index contributed by atoms with van der Waals surface area (Å²) in [7, 11) is 0.